The Bertz CT molecular complexity index is 443. The molecule has 94 valence electrons. The third-order valence-corrected chi connectivity index (χ3v) is 4.02. The Labute approximate surface area is 101 Å². The number of anilines is 1. The standard InChI is InChI=1S/C10H16N4O2S/c15-17(16,8-9-3-1-2-4-12-9)14-10-7-11-5-6-13-10/h5-7,9,12H,1-4,8H2,(H,13,14). The van der Waals surface area contributed by atoms with Gasteiger partial charge in [0.1, 0.15) is 0 Å². The largest absolute Gasteiger partial charge is 0.313 e. The van der Waals surface area contributed by atoms with E-state index in [-0.39, 0.29) is 17.6 Å². The van der Waals surface area contributed by atoms with Crippen LogP contribution in [0, 0.1) is 0 Å². The van der Waals surface area contributed by atoms with E-state index in [4.69, 9.17) is 0 Å². The van der Waals surface area contributed by atoms with E-state index >= 15 is 0 Å². The van der Waals surface area contributed by atoms with Crippen molar-refractivity contribution in [3.05, 3.63) is 18.6 Å². The van der Waals surface area contributed by atoms with Crippen molar-refractivity contribution < 1.29 is 8.42 Å². The maximum atomic E-state index is 11.8. The van der Waals surface area contributed by atoms with E-state index in [9.17, 15) is 8.42 Å². The molecule has 6 nitrogen and oxygen atoms in total. The summed E-state index contributed by atoms with van der Waals surface area (Å²) < 4.78 is 26.1. The van der Waals surface area contributed by atoms with Gasteiger partial charge < -0.3 is 5.32 Å². The molecule has 1 saturated heterocycles. The van der Waals surface area contributed by atoms with Crippen LogP contribution in [-0.4, -0.2) is 36.7 Å². The first-order valence-electron chi connectivity index (χ1n) is 5.66. The van der Waals surface area contributed by atoms with Crippen LogP contribution in [0.3, 0.4) is 0 Å². The summed E-state index contributed by atoms with van der Waals surface area (Å²) in [7, 11) is -3.35. The number of hydrogen-bond donors (Lipinski definition) is 2. The number of nitrogens with one attached hydrogen (secondary N) is 2. The van der Waals surface area contributed by atoms with Crippen LogP contribution in [0.15, 0.2) is 18.6 Å². The molecule has 17 heavy (non-hydrogen) atoms. The number of nitrogens with zero attached hydrogens (tertiary/aromatic N) is 2. The van der Waals surface area contributed by atoms with Gasteiger partial charge >= 0.3 is 0 Å². The summed E-state index contributed by atoms with van der Waals surface area (Å²) in [5.74, 6) is 0.354. The van der Waals surface area contributed by atoms with E-state index in [0.717, 1.165) is 25.8 Å². The second kappa shape index (κ2) is 5.42. The topological polar surface area (TPSA) is 84.0 Å². The molecule has 0 radical (unpaired) electrons. The number of hydrogen-bond acceptors (Lipinski definition) is 5. The molecule has 2 N–H and O–H groups in total. The lowest BCUT2D eigenvalue weighted by Gasteiger charge is -2.23. The van der Waals surface area contributed by atoms with Gasteiger partial charge in [-0.05, 0) is 19.4 Å². The third-order valence-electron chi connectivity index (χ3n) is 2.66. The molecule has 1 aromatic rings. The van der Waals surface area contributed by atoms with Gasteiger partial charge in [0.15, 0.2) is 5.82 Å². The van der Waals surface area contributed by atoms with E-state index in [1.807, 2.05) is 0 Å². The van der Waals surface area contributed by atoms with Gasteiger partial charge in [0.05, 0.1) is 11.9 Å². The van der Waals surface area contributed by atoms with Gasteiger partial charge in [-0.15, -0.1) is 0 Å². The smallest absolute Gasteiger partial charge is 0.235 e. The Morgan fingerprint density at radius 1 is 1.41 bits per heavy atom. The third kappa shape index (κ3) is 3.94. The van der Waals surface area contributed by atoms with Crippen LogP contribution < -0.4 is 10.0 Å². The number of rotatable bonds is 4. The molecule has 0 amide bonds. The first kappa shape index (κ1) is 12.3. The highest BCUT2D eigenvalue weighted by atomic mass is 32.2. The molecule has 1 unspecified atom stereocenters. The maximum Gasteiger partial charge on any atom is 0.235 e. The van der Waals surface area contributed by atoms with Gasteiger partial charge in [0.2, 0.25) is 10.0 Å². The van der Waals surface area contributed by atoms with Crippen molar-refractivity contribution in [2.24, 2.45) is 0 Å². The van der Waals surface area contributed by atoms with E-state index in [0.29, 0.717) is 0 Å². The molecule has 1 atom stereocenters. The molecule has 0 bridgehead atoms. The Hall–Kier alpha value is -1.21. The molecular formula is C10H16N4O2S. The minimum atomic E-state index is -3.35. The summed E-state index contributed by atoms with van der Waals surface area (Å²) in [5, 5.41) is 3.21. The van der Waals surface area contributed by atoms with Crippen molar-refractivity contribution in [1.29, 1.82) is 0 Å². The molecule has 2 rings (SSSR count). The van der Waals surface area contributed by atoms with Crippen molar-refractivity contribution in [1.82, 2.24) is 15.3 Å². The molecule has 2 heterocycles. The van der Waals surface area contributed by atoms with E-state index < -0.39 is 10.0 Å². The first-order chi connectivity index (χ1) is 8.16. The van der Waals surface area contributed by atoms with E-state index in [2.05, 4.69) is 20.0 Å². The van der Waals surface area contributed by atoms with E-state index in [1.165, 1.54) is 18.6 Å². The monoisotopic (exact) mass is 256 g/mol. The van der Waals surface area contributed by atoms with Crippen molar-refractivity contribution in [2.75, 3.05) is 17.0 Å². The summed E-state index contributed by atoms with van der Waals surface area (Å²) in [6, 6.07) is 0.0397. The average Bonchev–Trinajstić information content (AvgIpc) is 2.30. The zero-order valence-corrected chi connectivity index (χ0v) is 10.3. The second-order valence-corrected chi connectivity index (χ2v) is 5.89. The van der Waals surface area contributed by atoms with Crippen molar-refractivity contribution >= 4 is 15.8 Å². The van der Waals surface area contributed by atoms with Crippen molar-refractivity contribution in [3.8, 4) is 0 Å². The predicted octanol–water partition coefficient (Wildman–Crippen LogP) is 0.360. The quantitative estimate of drug-likeness (QED) is 0.812. The predicted molar refractivity (Wildman–Crippen MR) is 65.1 cm³/mol. The van der Waals surface area contributed by atoms with Crippen LogP contribution in [0.1, 0.15) is 19.3 Å². The Morgan fingerprint density at radius 2 is 2.29 bits per heavy atom. The lowest BCUT2D eigenvalue weighted by molar-refractivity contribution is 0.424. The highest BCUT2D eigenvalue weighted by Gasteiger charge is 2.21. The van der Waals surface area contributed by atoms with Crippen LogP contribution in [0.2, 0.25) is 0 Å². The van der Waals surface area contributed by atoms with Gasteiger partial charge in [0, 0.05) is 18.4 Å². The minimum Gasteiger partial charge on any atom is -0.313 e. The zero-order chi connectivity index (χ0) is 12.1. The molecule has 0 spiro atoms. The zero-order valence-electron chi connectivity index (χ0n) is 9.46. The van der Waals surface area contributed by atoms with Crippen LogP contribution in [0.25, 0.3) is 0 Å². The van der Waals surface area contributed by atoms with Crippen molar-refractivity contribution in [3.63, 3.8) is 0 Å². The molecule has 1 aliphatic heterocycles. The van der Waals surface area contributed by atoms with Crippen LogP contribution in [-0.2, 0) is 10.0 Å². The minimum absolute atomic E-state index is 0.0397. The molecule has 0 aliphatic carbocycles. The normalized spacial score (nSPS) is 21.1. The highest BCUT2D eigenvalue weighted by Crippen LogP contribution is 2.10. The summed E-state index contributed by atoms with van der Waals surface area (Å²) in [6.07, 6.45) is 7.46. The average molecular weight is 256 g/mol. The highest BCUT2D eigenvalue weighted by molar-refractivity contribution is 7.92. The Kier molecular flexibility index (Phi) is 3.90. The van der Waals surface area contributed by atoms with E-state index in [1.54, 1.807) is 0 Å². The fourth-order valence-electron chi connectivity index (χ4n) is 1.88. The van der Waals surface area contributed by atoms with Gasteiger partial charge in [-0.3, -0.25) is 9.71 Å². The molecular weight excluding hydrogens is 240 g/mol. The Balaban J connectivity index is 1.94. The fourth-order valence-corrected chi connectivity index (χ4v) is 3.21. The SMILES string of the molecule is O=S(=O)(CC1CCCCN1)Nc1cnccn1. The lowest BCUT2D eigenvalue weighted by Crippen LogP contribution is -2.40. The lowest BCUT2D eigenvalue weighted by atomic mass is 10.1. The Morgan fingerprint density at radius 3 is 2.94 bits per heavy atom. The fraction of sp³-hybridized carbons (Fsp3) is 0.600. The number of piperidine rings is 1. The maximum absolute atomic E-state index is 11.8. The molecule has 1 fully saturated rings. The van der Waals surface area contributed by atoms with Crippen LogP contribution >= 0.6 is 0 Å². The molecule has 1 aliphatic rings. The number of sulfonamides is 1. The molecule has 1 aromatic heterocycles. The molecule has 0 aromatic carbocycles. The van der Waals surface area contributed by atoms with Gasteiger partial charge in [-0.2, -0.15) is 0 Å². The van der Waals surface area contributed by atoms with Crippen LogP contribution in [0.4, 0.5) is 5.82 Å². The molecule has 0 saturated carbocycles. The van der Waals surface area contributed by atoms with Crippen molar-refractivity contribution in [2.45, 2.75) is 25.3 Å². The van der Waals surface area contributed by atoms with Gasteiger partial charge in [-0.1, -0.05) is 6.42 Å². The summed E-state index contributed by atoms with van der Waals surface area (Å²) in [4.78, 5) is 7.69. The van der Waals surface area contributed by atoms with Crippen LogP contribution in [0.5, 0.6) is 0 Å². The molecule has 7 heteroatoms. The number of aromatic nitrogens is 2. The van der Waals surface area contributed by atoms with Gasteiger partial charge in [-0.25, -0.2) is 13.4 Å². The second-order valence-electron chi connectivity index (χ2n) is 4.12. The summed E-state index contributed by atoms with van der Waals surface area (Å²) >= 11 is 0. The van der Waals surface area contributed by atoms with Gasteiger partial charge in [0.25, 0.3) is 0 Å². The summed E-state index contributed by atoms with van der Waals surface area (Å²) in [6.45, 7) is 0.894. The first-order valence-corrected chi connectivity index (χ1v) is 7.31. The summed E-state index contributed by atoms with van der Waals surface area (Å²) in [5.41, 5.74) is 0.